The van der Waals surface area contributed by atoms with Crippen molar-refractivity contribution in [3.05, 3.63) is 0 Å². The molecule has 3 N–H and O–H groups in total. The van der Waals surface area contributed by atoms with E-state index in [9.17, 15) is 14.4 Å². The third kappa shape index (κ3) is 11.9. The van der Waals surface area contributed by atoms with Crippen LogP contribution >= 0.6 is 0 Å². The van der Waals surface area contributed by atoms with Crippen molar-refractivity contribution in [2.45, 2.75) is 51.7 Å². The Kier molecular flexibility index (Phi) is 9.23. The third-order valence-corrected chi connectivity index (χ3v) is 2.46. The summed E-state index contributed by atoms with van der Waals surface area (Å²) in [6.45, 7) is 5.28. The van der Waals surface area contributed by atoms with Crippen molar-refractivity contribution in [2.75, 3.05) is 13.2 Å². The first-order valence-electron chi connectivity index (χ1n) is 7.22. The summed E-state index contributed by atoms with van der Waals surface area (Å²) < 4.78 is 9.61. The minimum absolute atomic E-state index is 0.104. The van der Waals surface area contributed by atoms with Crippen molar-refractivity contribution < 1.29 is 29.0 Å². The van der Waals surface area contributed by atoms with Crippen molar-refractivity contribution in [3.63, 3.8) is 0 Å². The van der Waals surface area contributed by atoms with Gasteiger partial charge in [0.05, 0.1) is 0 Å². The summed E-state index contributed by atoms with van der Waals surface area (Å²) in [7, 11) is 0. The first kappa shape index (κ1) is 20.6. The van der Waals surface area contributed by atoms with E-state index in [1.807, 2.05) is 0 Å². The number of terminal acetylenes is 1. The number of unbranched alkanes of at least 4 members (excludes halogenated alkanes) is 1. The molecule has 0 saturated carbocycles. The summed E-state index contributed by atoms with van der Waals surface area (Å²) in [6, 6.07) is -1.04. The highest BCUT2D eigenvalue weighted by atomic mass is 16.6. The fraction of sp³-hybridized carbons (Fsp3) is 0.667. The number of aliphatic carboxylic acids is 1. The number of carboxylic acid groups (broad SMARTS) is 1. The molecule has 0 aliphatic heterocycles. The van der Waals surface area contributed by atoms with E-state index in [0.717, 1.165) is 0 Å². The Morgan fingerprint density at radius 1 is 1.22 bits per heavy atom. The van der Waals surface area contributed by atoms with Gasteiger partial charge < -0.3 is 25.2 Å². The lowest BCUT2D eigenvalue weighted by atomic mass is 10.1. The smallest absolute Gasteiger partial charge is 0.408 e. The molecule has 130 valence electrons. The Morgan fingerprint density at radius 3 is 2.39 bits per heavy atom. The van der Waals surface area contributed by atoms with E-state index in [-0.39, 0.29) is 13.0 Å². The molecular formula is C15H24N2O6. The highest BCUT2D eigenvalue weighted by Crippen LogP contribution is 2.08. The number of rotatable bonds is 8. The average molecular weight is 328 g/mol. The Balaban J connectivity index is 4.03. The maximum atomic E-state index is 11.6. The summed E-state index contributed by atoms with van der Waals surface area (Å²) in [5.74, 6) is 1.02. The number of carbonyl (C=O) groups excluding carboxylic acids is 2. The number of amides is 2. The molecule has 1 atom stereocenters. The van der Waals surface area contributed by atoms with Crippen LogP contribution < -0.4 is 10.6 Å². The number of alkyl carbamates (subject to hydrolysis) is 2. The summed E-state index contributed by atoms with van der Waals surface area (Å²) in [4.78, 5) is 33.8. The van der Waals surface area contributed by atoms with Crippen molar-refractivity contribution in [3.8, 4) is 12.3 Å². The molecule has 0 aromatic carbocycles. The molecule has 0 radical (unpaired) electrons. The molecule has 0 aromatic rings. The van der Waals surface area contributed by atoms with E-state index >= 15 is 0 Å². The molecule has 0 aliphatic rings. The van der Waals surface area contributed by atoms with Crippen molar-refractivity contribution in [1.82, 2.24) is 10.6 Å². The normalized spacial score (nSPS) is 11.7. The van der Waals surface area contributed by atoms with Gasteiger partial charge in [0.2, 0.25) is 0 Å². The van der Waals surface area contributed by atoms with Crippen LogP contribution in [0, 0.1) is 12.3 Å². The highest BCUT2D eigenvalue weighted by Gasteiger charge is 2.23. The molecule has 0 rings (SSSR count). The molecule has 0 fully saturated rings. The zero-order valence-electron chi connectivity index (χ0n) is 13.7. The molecule has 0 aliphatic carbocycles. The summed E-state index contributed by atoms with van der Waals surface area (Å²) in [5, 5.41) is 13.9. The van der Waals surface area contributed by atoms with Gasteiger partial charge in [0.25, 0.3) is 0 Å². The largest absolute Gasteiger partial charge is 0.480 e. The van der Waals surface area contributed by atoms with Gasteiger partial charge >= 0.3 is 18.2 Å². The van der Waals surface area contributed by atoms with E-state index in [0.29, 0.717) is 19.4 Å². The number of carbonyl (C=O) groups is 3. The first-order valence-corrected chi connectivity index (χ1v) is 7.22. The first-order chi connectivity index (χ1) is 10.7. The number of hydrogen-bond donors (Lipinski definition) is 3. The summed E-state index contributed by atoms with van der Waals surface area (Å²) in [6.07, 6.45) is 4.78. The van der Waals surface area contributed by atoms with Gasteiger partial charge in [-0.2, -0.15) is 0 Å². The standard InChI is InChI=1S/C15H24N2O6/c1-5-10-22-13(20)16-9-7-6-8-11(12(18)19)17-14(21)23-15(2,3)4/h1,11H,6-10H2,2-4H3,(H,16,20)(H,17,21)(H,18,19)/t11-/m0/s1. The maximum Gasteiger partial charge on any atom is 0.408 e. The molecule has 0 saturated heterocycles. The molecule has 8 nitrogen and oxygen atoms in total. The molecule has 0 aromatic heterocycles. The Morgan fingerprint density at radius 2 is 1.87 bits per heavy atom. The predicted molar refractivity (Wildman–Crippen MR) is 82.8 cm³/mol. The van der Waals surface area contributed by atoms with Crippen LogP contribution in [0.25, 0.3) is 0 Å². The van der Waals surface area contributed by atoms with Gasteiger partial charge in [-0.1, -0.05) is 5.92 Å². The molecule has 8 heteroatoms. The lowest BCUT2D eigenvalue weighted by Crippen LogP contribution is -2.43. The molecule has 0 spiro atoms. The molecule has 2 amide bonds. The molecule has 23 heavy (non-hydrogen) atoms. The van der Waals surface area contributed by atoms with Crippen LogP contribution in [0.2, 0.25) is 0 Å². The van der Waals surface area contributed by atoms with Crippen LogP contribution in [0.15, 0.2) is 0 Å². The topological polar surface area (TPSA) is 114 Å². The number of ether oxygens (including phenoxy) is 2. The zero-order valence-corrected chi connectivity index (χ0v) is 13.7. The Labute approximate surface area is 135 Å². The van der Waals surface area contributed by atoms with Crippen LogP contribution in [0.4, 0.5) is 9.59 Å². The fourth-order valence-electron chi connectivity index (χ4n) is 1.53. The third-order valence-electron chi connectivity index (χ3n) is 2.46. The Bertz CT molecular complexity index is 450. The zero-order chi connectivity index (χ0) is 17.9. The highest BCUT2D eigenvalue weighted by molar-refractivity contribution is 5.79. The van der Waals surface area contributed by atoms with Crippen LogP contribution in [-0.2, 0) is 14.3 Å². The van der Waals surface area contributed by atoms with Gasteiger partial charge in [-0.25, -0.2) is 14.4 Å². The van der Waals surface area contributed by atoms with Crippen LogP contribution in [0.3, 0.4) is 0 Å². The summed E-state index contributed by atoms with van der Waals surface area (Å²) >= 11 is 0. The monoisotopic (exact) mass is 328 g/mol. The second kappa shape index (κ2) is 10.3. The van der Waals surface area contributed by atoms with Crippen molar-refractivity contribution in [1.29, 1.82) is 0 Å². The lowest BCUT2D eigenvalue weighted by Gasteiger charge is -2.22. The SMILES string of the molecule is C#CCOC(=O)NCCCC[C@H](NC(=O)OC(C)(C)C)C(=O)O. The van der Waals surface area contributed by atoms with Crippen LogP contribution in [0.1, 0.15) is 40.0 Å². The molecule has 0 heterocycles. The number of nitrogens with one attached hydrogen (secondary N) is 2. The number of hydrogen-bond acceptors (Lipinski definition) is 5. The van der Waals surface area contributed by atoms with E-state index in [1.165, 1.54) is 0 Å². The average Bonchev–Trinajstić information content (AvgIpc) is 2.41. The molecule has 0 unspecified atom stereocenters. The Hall–Kier alpha value is -2.43. The van der Waals surface area contributed by atoms with Gasteiger partial charge in [0.1, 0.15) is 11.6 Å². The second-order valence-corrected chi connectivity index (χ2v) is 5.74. The van der Waals surface area contributed by atoms with Gasteiger partial charge in [-0.3, -0.25) is 0 Å². The van der Waals surface area contributed by atoms with Crippen molar-refractivity contribution >= 4 is 18.2 Å². The van der Waals surface area contributed by atoms with Crippen LogP contribution in [0.5, 0.6) is 0 Å². The summed E-state index contributed by atoms with van der Waals surface area (Å²) in [5.41, 5.74) is -0.699. The predicted octanol–water partition coefficient (Wildman–Crippen LogP) is 1.49. The van der Waals surface area contributed by atoms with Gasteiger partial charge in [0.15, 0.2) is 6.61 Å². The van der Waals surface area contributed by atoms with E-state index in [1.54, 1.807) is 20.8 Å². The maximum absolute atomic E-state index is 11.6. The minimum Gasteiger partial charge on any atom is -0.480 e. The van der Waals surface area contributed by atoms with E-state index in [4.69, 9.17) is 16.3 Å². The van der Waals surface area contributed by atoms with Crippen molar-refractivity contribution in [2.24, 2.45) is 0 Å². The molecular weight excluding hydrogens is 304 g/mol. The van der Waals surface area contributed by atoms with Crippen LogP contribution in [-0.4, -0.2) is 48.1 Å². The van der Waals surface area contributed by atoms with Gasteiger partial charge in [-0.15, -0.1) is 6.42 Å². The quantitative estimate of drug-likeness (QED) is 0.459. The molecule has 0 bridgehead atoms. The van der Waals surface area contributed by atoms with Gasteiger partial charge in [0, 0.05) is 6.54 Å². The minimum atomic E-state index is -1.14. The van der Waals surface area contributed by atoms with E-state index in [2.05, 4.69) is 21.3 Å². The number of carboxylic acids is 1. The fourth-order valence-corrected chi connectivity index (χ4v) is 1.53. The second-order valence-electron chi connectivity index (χ2n) is 5.74. The van der Waals surface area contributed by atoms with E-state index < -0.39 is 29.8 Å². The van der Waals surface area contributed by atoms with Gasteiger partial charge in [-0.05, 0) is 40.0 Å². The lowest BCUT2D eigenvalue weighted by molar-refractivity contribution is -0.139.